The largest absolute Gasteiger partial charge is 0.468 e. The Balaban J connectivity index is 2.84. The summed E-state index contributed by atoms with van der Waals surface area (Å²) >= 11 is 4.85. The average Bonchev–Trinajstić information content (AvgIpc) is 2.36. The summed E-state index contributed by atoms with van der Waals surface area (Å²) in [7, 11) is -2.48. The molecule has 1 rings (SSSR count). The van der Waals surface area contributed by atoms with Crippen LogP contribution in [0.3, 0.4) is 0 Å². The first-order valence-electron chi connectivity index (χ1n) is 5.27. The molecule has 0 bridgehead atoms. The number of carbonyl (C=O) groups is 1. The van der Waals surface area contributed by atoms with Gasteiger partial charge in [0.15, 0.2) is 0 Å². The maximum Gasteiger partial charge on any atom is 0.320 e. The number of nitrogens with two attached hydrogens (primary N) is 1. The summed E-state index contributed by atoms with van der Waals surface area (Å²) in [5.74, 6) is -0.969. The lowest BCUT2D eigenvalue weighted by molar-refractivity contribution is -0.139. The number of ether oxygens (including phenoxy) is 1. The standard InChI is InChI=1S/C11H14N2O4S2/c1-17-10(14)6-13-19(15,16)7-8-4-2-3-5-9(8)11(12)18/h2-5,13H,6-7H2,1H3,(H2,12,18). The van der Waals surface area contributed by atoms with E-state index in [1.54, 1.807) is 24.3 Å². The predicted octanol–water partition coefficient (Wildman–Crippen LogP) is -0.0868. The van der Waals surface area contributed by atoms with Gasteiger partial charge in [-0.05, 0) is 5.56 Å². The van der Waals surface area contributed by atoms with Gasteiger partial charge in [0, 0.05) is 5.56 Å². The number of methoxy groups -OCH3 is 1. The molecule has 0 saturated heterocycles. The monoisotopic (exact) mass is 302 g/mol. The van der Waals surface area contributed by atoms with Crippen LogP contribution in [0.5, 0.6) is 0 Å². The third-order valence-corrected chi connectivity index (χ3v) is 3.79. The van der Waals surface area contributed by atoms with E-state index in [-0.39, 0.29) is 10.7 Å². The second kappa shape index (κ2) is 6.60. The molecule has 6 nitrogen and oxygen atoms in total. The molecular weight excluding hydrogens is 288 g/mol. The first-order valence-corrected chi connectivity index (χ1v) is 7.33. The minimum absolute atomic E-state index is 0.124. The highest BCUT2D eigenvalue weighted by Gasteiger charge is 2.16. The van der Waals surface area contributed by atoms with E-state index in [2.05, 4.69) is 9.46 Å². The van der Waals surface area contributed by atoms with Gasteiger partial charge >= 0.3 is 5.97 Å². The molecule has 104 valence electrons. The Morgan fingerprint density at radius 3 is 2.63 bits per heavy atom. The quantitative estimate of drug-likeness (QED) is 0.563. The highest BCUT2D eigenvalue weighted by Crippen LogP contribution is 2.11. The van der Waals surface area contributed by atoms with Gasteiger partial charge in [-0.2, -0.15) is 0 Å². The molecule has 0 radical (unpaired) electrons. The Labute approximate surface area is 117 Å². The van der Waals surface area contributed by atoms with E-state index in [1.165, 1.54) is 7.11 Å². The molecule has 0 aliphatic carbocycles. The van der Waals surface area contributed by atoms with Crippen LogP contribution >= 0.6 is 12.2 Å². The minimum Gasteiger partial charge on any atom is -0.468 e. The van der Waals surface area contributed by atoms with Gasteiger partial charge in [-0.3, -0.25) is 4.79 Å². The molecule has 0 aliphatic rings. The highest BCUT2D eigenvalue weighted by molar-refractivity contribution is 7.88. The molecule has 1 aromatic carbocycles. The topological polar surface area (TPSA) is 98.5 Å². The molecular formula is C11H14N2O4S2. The van der Waals surface area contributed by atoms with Crippen LogP contribution in [0.4, 0.5) is 0 Å². The molecule has 0 spiro atoms. The molecule has 0 aromatic heterocycles. The van der Waals surface area contributed by atoms with Crippen molar-refractivity contribution >= 4 is 33.2 Å². The fourth-order valence-corrected chi connectivity index (χ4v) is 2.68. The Kier molecular flexibility index (Phi) is 5.40. The van der Waals surface area contributed by atoms with E-state index in [1.807, 2.05) is 0 Å². The maximum atomic E-state index is 11.8. The third-order valence-electron chi connectivity index (χ3n) is 2.29. The second-order valence-corrected chi connectivity index (χ2v) is 5.92. The molecule has 0 fully saturated rings. The number of sulfonamides is 1. The van der Waals surface area contributed by atoms with E-state index < -0.39 is 22.5 Å². The SMILES string of the molecule is COC(=O)CNS(=O)(=O)Cc1ccccc1C(N)=S. The van der Waals surface area contributed by atoms with Gasteiger partial charge in [0.1, 0.15) is 11.5 Å². The molecule has 0 heterocycles. The van der Waals surface area contributed by atoms with E-state index in [0.717, 1.165) is 0 Å². The molecule has 0 aliphatic heterocycles. The molecule has 19 heavy (non-hydrogen) atoms. The van der Waals surface area contributed by atoms with Crippen molar-refractivity contribution in [2.75, 3.05) is 13.7 Å². The van der Waals surface area contributed by atoms with Crippen molar-refractivity contribution in [1.29, 1.82) is 0 Å². The number of hydrogen-bond acceptors (Lipinski definition) is 5. The van der Waals surface area contributed by atoms with Gasteiger partial charge in [0.2, 0.25) is 10.0 Å². The van der Waals surface area contributed by atoms with Gasteiger partial charge in [-0.25, -0.2) is 13.1 Å². The first-order chi connectivity index (χ1) is 8.85. The Morgan fingerprint density at radius 2 is 2.05 bits per heavy atom. The normalized spacial score (nSPS) is 11.0. The number of esters is 1. The van der Waals surface area contributed by atoms with Gasteiger partial charge in [-0.15, -0.1) is 0 Å². The van der Waals surface area contributed by atoms with Crippen LogP contribution in [0.1, 0.15) is 11.1 Å². The molecule has 3 N–H and O–H groups in total. The number of carbonyl (C=O) groups excluding carboxylic acids is 1. The van der Waals surface area contributed by atoms with Crippen LogP contribution in [0.25, 0.3) is 0 Å². The fourth-order valence-electron chi connectivity index (χ4n) is 1.38. The number of benzene rings is 1. The molecule has 0 saturated carbocycles. The van der Waals surface area contributed by atoms with Gasteiger partial charge < -0.3 is 10.5 Å². The van der Waals surface area contributed by atoms with Crippen LogP contribution in [0.15, 0.2) is 24.3 Å². The van der Waals surface area contributed by atoms with Crippen molar-refractivity contribution in [3.8, 4) is 0 Å². The van der Waals surface area contributed by atoms with Crippen molar-refractivity contribution in [3.05, 3.63) is 35.4 Å². The van der Waals surface area contributed by atoms with E-state index in [4.69, 9.17) is 18.0 Å². The Bertz CT molecular complexity index is 584. The van der Waals surface area contributed by atoms with Crippen molar-refractivity contribution in [2.24, 2.45) is 5.73 Å². The smallest absolute Gasteiger partial charge is 0.320 e. The zero-order chi connectivity index (χ0) is 14.5. The number of rotatable bonds is 6. The molecule has 0 unspecified atom stereocenters. The van der Waals surface area contributed by atoms with E-state index >= 15 is 0 Å². The zero-order valence-electron chi connectivity index (χ0n) is 10.3. The van der Waals surface area contributed by atoms with Crippen LogP contribution in [0.2, 0.25) is 0 Å². The lowest BCUT2D eigenvalue weighted by Crippen LogP contribution is -2.31. The van der Waals surface area contributed by atoms with Crippen LogP contribution in [-0.4, -0.2) is 33.0 Å². The Hall–Kier alpha value is -1.51. The summed E-state index contributed by atoms with van der Waals surface area (Å²) in [6.07, 6.45) is 0. The second-order valence-electron chi connectivity index (χ2n) is 3.68. The zero-order valence-corrected chi connectivity index (χ0v) is 11.9. The van der Waals surface area contributed by atoms with Crippen LogP contribution < -0.4 is 10.5 Å². The molecule has 0 amide bonds. The highest BCUT2D eigenvalue weighted by atomic mass is 32.2. The maximum absolute atomic E-state index is 11.8. The van der Waals surface area contributed by atoms with E-state index in [9.17, 15) is 13.2 Å². The summed E-state index contributed by atoms with van der Waals surface area (Å²) in [5.41, 5.74) is 6.50. The summed E-state index contributed by atoms with van der Waals surface area (Å²) < 4.78 is 30.1. The fraction of sp³-hybridized carbons (Fsp3) is 0.273. The number of hydrogen-bond donors (Lipinski definition) is 2. The summed E-state index contributed by atoms with van der Waals surface area (Å²) in [6.45, 7) is -0.409. The lowest BCUT2D eigenvalue weighted by Gasteiger charge is -2.09. The van der Waals surface area contributed by atoms with Gasteiger partial charge in [-0.1, -0.05) is 36.5 Å². The van der Waals surface area contributed by atoms with Gasteiger partial charge in [0.25, 0.3) is 0 Å². The van der Waals surface area contributed by atoms with E-state index in [0.29, 0.717) is 11.1 Å². The van der Waals surface area contributed by atoms with Crippen molar-refractivity contribution in [3.63, 3.8) is 0 Å². The van der Waals surface area contributed by atoms with Crippen LogP contribution in [-0.2, 0) is 25.3 Å². The van der Waals surface area contributed by atoms with Crippen molar-refractivity contribution < 1.29 is 17.9 Å². The predicted molar refractivity (Wildman–Crippen MR) is 75.0 cm³/mol. The number of thiocarbonyl (C=S) groups is 1. The average molecular weight is 302 g/mol. The summed E-state index contributed by atoms with van der Waals surface area (Å²) in [5, 5.41) is 0. The minimum atomic E-state index is -3.66. The van der Waals surface area contributed by atoms with Crippen molar-refractivity contribution in [2.45, 2.75) is 5.75 Å². The van der Waals surface area contributed by atoms with Crippen LogP contribution in [0, 0.1) is 0 Å². The first kappa shape index (κ1) is 15.5. The molecule has 0 atom stereocenters. The molecule has 1 aromatic rings. The lowest BCUT2D eigenvalue weighted by atomic mass is 10.1. The summed E-state index contributed by atoms with van der Waals surface area (Å²) in [6, 6.07) is 6.67. The molecule has 8 heteroatoms. The summed E-state index contributed by atoms with van der Waals surface area (Å²) in [4.78, 5) is 11.0. The van der Waals surface area contributed by atoms with Crippen molar-refractivity contribution in [1.82, 2.24) is 4.72 Å². The number of nitrogens with one attached hydrogen (secondary N) is 1. The third kappa shape index (κ3) is 4.93. The van der Waals surface area contributed by atoms with Gasteiger partial charge in [0.05, 0.1) is 12.9 Å². The Morgan fingerprint density at radius 1 is 1.42 bits per heavy atom.